The van der Waals surface area contributed by atoms with Crippen LogP contribution in [0, 0.1) is 17.5 Å². The van der Waals surface area contributed by atoms with Gasteiger partial charge in [-0.1, -0.05) is 0 Å². The van der Waals surface area contributed by atoms with Crippen LogP contribution in [0.3, 0.4) is 0 Å². The molecule has 2 rings (SSSR count). The monoisotopic (exact) mass is 325 g/mol. The van der Waals surface area contributed by atoms with Gasteiger partial charge in [-0.2, -0.15) is 0 Å². The van der Waals surface area contributed by atoms with Gasteiger partial charge in [0, 0.05) is 6.08 Å². The number of amides is 1. The highest BCUT2D eigenvalue weighted by molar-refractivity contribution is 5.94. The fourth-order valence-electron chi connectivity index (χ4n) is 1.53. The lowest BCUT2D eigenvalue weighted by Gasteiger charge is -2.07. The minimum atomic E-state index is -1.71. The number of carbonyl (C=O) groups excluding carboxylic acids is 2. The van der Waals surface area contributed by atoms with Crippen molar-refractivity contribution in [3.63, 3.8) is 0 Å². The van der Waals surface area contributed by atoms with Crippen molar-refractivity contribution in [2.75, 3.05) is 11.9 Å². The average molecular weight is 325 g/mol. The van der Waals surface area contributed by atoms with Crippen molar-refractivity contribution in [1.29, 1.82) is 0 Å². The van der Waals surface area contributed by atoms with Crippen LogP contribution in [0.2, 0.25) is 0 Å². The van der Waals surface area contributed by atoms with Gasteiger partial charge in [-0.25, -0.2) is 18.0 Å². The van der Waals surface area contributed by atoms with E-state index < -0.39 is 41.6 Å². The summed E-state index contributed by atoms with van der Waals surface area (Å²) in [5.41, 5.74) is -0.559. The number of benzene rings is 1. The molecule has 1 aromatic carbocycles. The Morgan fingerprint density at radius 3 is 2.65 bits per heavy atom. The minimum Gasteiger partial charge on any atom is -0.465 e. The summed E-state index contributed by atoms with van der Waals surface area (Å²) in [4.78, 5) is 22.8. The molecule has 0 fully saturated rings. The second-order valence-electron chi connectivity index (χ2n) is 4.23. The number of carbonyl (C=O) groups is 2. The molecule has 0 aliphatic rings. The van der Waals surface area contributed by atoms with E-state index >= 15 is 0 Å². The quantitative estimate of drug-likeness (QED) is 0.521. The number of ether oxygens (including phenoxy) is 1. The van der Waals surface area contributed by atoms with Crippen LogP contribution in [0.15, 0.2) is 41.0 Å². The highest BCUT2D eigenvalue weighted by Gasteiger charge is 2.15. The van der Waals surface area contributed by atoms with E-state index in [-0.39, 0.29) is 0 Å². The SMILES string of the molecule is O=C(COC(=O)C=Cc1ccco1)Nc1ccc(F)c(F)c1F. The number of rotatable bonds is 5. The molecule has 0 bridgehead atoms. The van der Waals surface area contributed by atoms with Crippen molar-refractivity contribution in [1.82, 2.24) is 0 Å². The number of nitrogens with one attached hydrogen (secondary N) is 1. The first-order valence-corrected chi connectivity index (χ1v) is 6.29. The summed E-state index contributed by atoms with van der Waals surface area (Å²) in [5.74, 6) is -5.95. The van der Waals surface area contributed by atoms with E-state index in [4.69, 9.17) is 4.42 Å². The maximum absolute atomic E-state index is 13.3. The zero-order valence-electron chi connectivity index (χ0n) is 11.5. The second kappa shape index (κ2) is 7.30. The van der Waals surface area contributed by atoms with Gasteiger partial charge >= 0.3 is 5.97 Å². The Labute approximate surface area is 128 Å². The smallest absolute Gasteiger partial charge is 0.331 e. The third-order valence-electron chi connectivity index (χ3n) is 2.58. The lowest BCUT2D eigenvalue weighted by atomic mass is 10.3. The predicted octanol–water partition coefficient (Wildman–Crippen LogP) is 2.89. The molecule has 1 amide bonds. The molecule has 0 radical (unpaired) electrons. The van der Waals surface area contributed by atoms with Gasteiger partial charge in [0.05, 0.1) is 12.0 Å². The van der Waals surface area contributed by atoms with E-state index in [1.54, 1.807) is 12.1 Å². The van der Waals surface area contributed by atoms with Gasteiger partial charge in [0.15, 0.2) is 24.1 Å². The van der Waals surface area contributed by atoms with Crippen molar-refractivity contribution in [2.24, 2.45) is 0 Å². The molecule has 0 saturated heterocycles. The van der Waals surface area contributed by atoms with Gasteiger partial charge in [-0.05, 0) is 30.3 Å². The van der Waals surface area contributed by atoms with E-state index in [1.165, 1.54) is 12.3 Å². The fourth-order valence-corrected chi connectivity index (χ4v) is 1.53. The first-order chi connectivity index (χ1) is 11.0. The number of hydrogen-bond acceptors (Lipinski definition) is 4. The Bertz CT molecular complexity index is 741. The first kappa shape index (κ1) is 16.3. The third kappa shape index (κ3) is 4.47. The number of halogens is 3. The number of furan rings is 1. The van der Waals surface area contributed by atoms with E-state index in [2.05, 4.69) is 4.74 Å². The third-order valence-corrected chi connectivity index (χ3v) is 2.58. The van der Waals surface area contributed by atoms with Crippen molar-refractivity contribution >= 4 is 23.6 Å². The Morgan fingerprint density at radius 2 is 1.96 bits per heavy atom. The van der Waals surface area contributed by atoms with Crippen LogP contribution in [-0.2, 0) is 14.3 Å². The zero-order chi connectivity index (χ0) is 16.8. The molecule has 1 N–H and O–H groups in total. The normalized spacial score (nSPS) is 10.7. The molecule has 1 heterocycles. The molecule has 0 aliphatic carbocycles. The van der Waals surface area contributed by atoms with Gasteiger partial charge < -0.3 is 14.5 Å². The van der Waals surface area contributed by atoms with Crippen molar-refractivity contribution in [3.05, 3.63) is 59.8 Å². The average Bonchev–Trinajstić information content (AvgIpc) is 3.05. The molecule has 120 valence electrons. The topological polar surface area (TPSA) is 68.5 Å². The Balaban J connectivity index is 1.86. The van der Waals surface area contributed by atoms with Gasteiger partial charge in [-0.3, -0.25) is 4.79 Å². The summed E-state index contributed by atoms with van der Waals surface area (Å²) in [6.07, 6.45) is 3.77. The standard InChI is InChI=1S/C15H10F3NO4/c16-10-4-5-11(15(18)14(10)17)19-12(20)8-23-13(21)6-3-9-2-1-7-22-9/h1-7H,8H2,(H,19,20). The summed E-state index contributed by atoms with van der Waals surface area (Å²) >= 11 is 0. The molecule has 0 saturated carbocycles. The molecule has 2 aromatic rings. The van der Waals surface area contributed by atoms with E-state index in [0.29, 0.717) is 11.8 Å². The summed E-state index contributed by atoms with van der Waals surface area (Å²) in [6, 6.07) is 4.73. The Hall–Kier alpha value is -3.03. The Kier molecular flexibility index (Phi) is 5.19. The maximum atomic E-state index is 13.3. The van der Waals surface area contributed by atoms with Crippen molar-refractivity contribution in [3.8, 4) is 0 Å². The van der Waals surface area contributed by atoms with Crippen LogP contribution in [0.1, 0.15) is 5.76 Å². The molecule has 8 heteroatoms. The molecule has 0 atom stereocenters. The summed E-state index contributed by atoms with van der Waals surface area (Å²) in [7, 11) is 0. The molecular weight excluding hydrogens is 315 g/mol. The van der Waals surface area contributed by atoms with Gasteiger partial charge in [0.25, 0.3) is 5.91 Å². The van der Waals surface area contributed by atoms with Crippen LogP contribution < -0.4 is 5.32 Å². The lowest BCUT2D eigenvalue weighted by Crippen LogP contribution is -2.21. The fraction of sp³-hybridized carbons (Fsp3) is 0.0667. The van der Waals surface area contributed by atoms with Gasteiger partial charge in [-0.15, -0.1) is 0 Å². The van der Waals surface area contributed by atoms with Crippen molar-refractivity contribution < 1.29 is 31.9 Å². The number of hydrogen-bond donors (Lipinski definition) is 1. The van der Waals surface area contributed by atoms with Crippen molar-refractivity contribution in [2.45, 2.75) is 0 Å². The molecular formula is C15H10F3NO4. The van der Waals surface area contributed by atoms with Crippen LogP contribution in [-0.4, -0.2) is 18.5 Å². The number of esters is 1. The summed E-state index contributed by atoms with van der Waals surface area (Å²) in [6.45, 7) is -0.722. The molecule has 0 aliphatic heterocycles. The lowest BCUT2D eigenvalue weighted by molar-refractivity contribution is -0.142. The minimum absolute atomic E-state index is 0.412. The molecule has 0 spiro atoms. The molecule has 5 nitrogen and oxygen atoms in total. The van der Waals surface area contributed by atoms with Crippen LogP contribution in [0.4, 0.5) is 18.9 Å². The van der Waals surface area contributed by atoms with E-state index in [1.807, 2.05) is 5.32 Å². The second-order valence-corrected chi connectivity index (χ2v) is 4.23. The first-order valence-electron chi connectivity index (χ1n) is 6.29. The largest absolute Gasteiger partial charge is 0.465 e. The summed E-state index contributed by atoms with van der Waals surface area (Å²) < 4.78 is 48.6. The van der Waals surface area contributed by atoms with E-state index in [0.717, 1.165) is 12.1 Å². The van der Waals surface area contributed by atoms with Crippen LogP contribution in [0.25, 0.3) is 6.08 Å². The van der Waals surface area contributed by atoms with Crippen LogP contribution >= 0.6 is 0 Å². The molecule has 1 aromatic heterocycles. The highest BCUT2D eigenvalue weighted by Crippen LogP contribution is 2.19. The van der Waals surface area contributed by atoms with Gasteiger partial charge in [0.1, 0.15) is 5.76 Å². The molecule has 0 unspecified atom stereocenters. The zero-order valence-corrected chi connectivity index (χ0v) is 11.5. The van der Waals surface area contributed by atoms with Gasteiger partial charge in [0.2, 0.25) is 0 Å². The Morgan fingerprint density at radius 1 is 1.17 bits per heavy atom. The number of anilines is 1. The van der Waals surface area contributed by atoms with Crippen LogP contribution in [0.5, 0.6) is 0 Å². The predicted molar refractivity (Wildman–Crippen MR) is 73.6 cm³/mol. The highest BCUT2D eigenvalue weighted by atomic mass is 19.2. The molecule has 23 heavy (non-hydrogen) atoms. The van der Waals surface area contributed by atoms with E-state index in [9.17, 15) is 22.8 Å². The maximum Gasteiger partial charge on any atom is 0.331 e. The summed E-state index contributed by atoms with van der Waals surface area (Å²) in [5, 5.41) is 1.96.